The number of ether oxygens (including phenoxy) is 1. The fraction of sp³-hybridized carbons (Fsp3) is 0.818. The monoisotopic (exact) mass is 228 g/mol. The van der Waals surface area contributed by atoms with E-state index in [0.717, 1.165) is 0 Å². The average Bonchev–Trinajstić information content (AvgIpc) is 2.17. The Hall–Kier alpha value is -1.10. The third-order valence-electron chi connectivity index (χ3n) is 2.61. The number of rotatable bonds is 2. The van der Waals surface area contributed by atoms with E-state index in [1.807, 2.05) is 20.8 Å². The molecule has 2 amide bonds. The van der Waals surface area contributed by atoms with E-state index in [9.17, 15) is 9.59 Å². The highest BCUT2D eigenvalue weighted by Gasteiger charge is 2.36. The molecule has 0 unspecified atom stereocenters. The molecule has 1 saturated heterocycles. The molecule has 1 N–H and O–H groups in total. The lowest BCUT2D eigenvalue weighted by Crippen LogP contribution is -2.62. The van der Waals surface area contributed by atoms with E-state index < -0.39 is 12.1 Å². The largest absolute Gasteiger partial charge is 0.373 e. The fourth-order valence-corrected chi connectivity index (χ4v) is 1.41. The van der Waals surface area contributed by atoms with Crippen LogP contribution < -0.4 is 5.32 Å². The summed E-state index contributed by atoms with van der Waals surface area (Å²) >= 11 is 0. The molecular weight excluding hydrogens is 208 g/mol. The molecule has 0 radical (unpaired) electrons. The van der Waals surface area contributed by atoms with Gasteiger partial charge >= 0.3 is 0 Å². The lowest BCUT2D eigenvalue weighted by Gasteiger charge is -2.35. The standard InChI is InChI=1S/C11H20N2O3/c1-7-9(14)12-8(10(15)13(7)5)6-16-11(2,3)4/h7-8H,6H2,1-5H3,(H,12,14)/t7-,8-/m0/s1. The smallest absolute Gasteiger partial charge is 0.247 e. The molecule has 0 aliphatic carbocycles. The zero-order valence-electron chi connectivity index (χ0n) is 10.5. The van der Waals surface area contributed by atoms with E-state index in [1.54, 1.807) is 14.0 Å². The Balaban J connectivity index is 2.61. The second-order valence-corrected chi connectivity index (χ2v) is 5.11. The lowest BCUT2D eigenvalue weighted by atomic mass is 10.1. The van der Waals surface area contributed by atoms with E-state index in [1.165, 1.54) is 4.90 Å². The summed E-state index contributed by atoms with van der Waals surface area (Å²) in [6.07, 6.45) is 0. The average molecular weight is 228 g/mol. The van der Waals surface area contributed by atoms with Crippen LogP contribution in [-0.4, -0.2) is 48.1 Å². The van der Waals surface area contributed by atoms with Gasteiger partial charge in [0.2, 0.25) is 11.8 Å². The Morgan fingerprint density at radius 2 is 1.94 bits per heavy atom. The van der Waals surface area contributed by atoms with Crippen LogP contribution in [0.3, 0.4) is 0 Å². The molecule has 0 aromatic carbocycles. The summed E-state index contributed by atoms with van der Waals surface area (Å²) in [5.74, 6) is -0.235. The Kier molecular flexibility index (Phi) is 3.57. The molecule has 0 aromatic rings. The third-order valence-corrected chi connectivity index (χ3v) is 2.61. The maximum Gasteiger partial charge on any atom is 0.247 e. The molecule has 1 aliphatic heterocycles. The minimum absolute atomic E-state index is 0.101. The number of nitrogens with zero attached hydrogens (tertiary/aromatic N) is 1. The van der Waals surface area contributed by atoms with Gasteiger partial charge in [-0.3, -0.25) is 9.59 Å². The number of piperazine rings is 1. The summed E-state index contributed by atoms with van der Waals surface area (Å²) in [4.78, 5) is 24.8. The highest BCUT2D eigenvalue weighted by molar-refractivity contribution is 5.96. The first-order chi connectivity index (χ1) is 7.22. The van der Waals surface area contributed by atoms with Crippen molar-refractivity contribution in [3.8, 4) is 0 Å². The zero-order valence-corrected chi connectivity index (χ0v) is 10.5. The normalized spacial score (nSPS) is 26.9. The van der Waals surface area contributed by atoms with Gasteiger partial charge in [0, 0.05) is 7.05 Å². The Bertz CT molecular complexity index is 296. The van der Waals surface area contributed by atoms with Gasteiger partial charge in [-0.15, -0.1) is 0 Å². The maximum atomic E-state index is 11.8. The minimum atomic E-state index is -0.562. The molecule has 5 heteroatoms. The number of likely N-dealkylation sites (N-methyl/N-ethyl adjacent to an activating group) is 1. The van der Waals surface area contributed by atoms with Gasteiger partial charge in [-0.05, 0) is 27.7 Å². The van der Waals surface area contributed by atoms with Gasteiger partial charge in [-0.2, -0.15) is 0 Å². The molecule has 0 spiro atoms. The van der Waals surface area contributed by atoms with Crippen molar-refractivity contribution in [1.82, 2.24) is 10.2 Å². The van der Waals surface area contributed by atoms with Crippen molar-refractivity contribution >= 4 is 11.8 Å². The van der Waals surface area contributed by atoms with Crippen LogP contribution in [0.4, 0.5) is 0 Å². The minimum Gasteiger partial charge on any atom is -0.373 e. The van der Waals surface area contributed by atoms with Crippen molar-refractivity contribution in [3.63, 3.8) is 0 Å². The topological polar surface area (TPSA) is 58.6 Å². The van der Waals surface area contributed by atoms with Crippen LogP contribution in [0.25, 0.3) is 0 Å². The molecule has 92 valence electrons. The molecule has 1 rings (SSSR count). The van der Waals surface area contributed by atoms with Gasteiger partial charge in [0.1, 0.15) is 12.1 Å². The summed E-state index contributed by atoms with van der Waals surface area (Å²) in [6, 6.07) is -0.966. The molecule has 1 aliphatic rings. The third kappa shape index (κ3) is 2.95. The Morgan fingerprint density at radius 3 is 2.44 bits per heavy atom. The first-order valence-electron chi connectivity index (χ1n) is 5.43. The van der Waals surface area contributed by atoms with Crippen molar-refractivity contribution in [2.75, 3.05) is 13.7 Å². The molecule has 1 fully saturated rings. The van der Waals surface area contributed by atoms with Crippen molar-refractivity contribution in [2.24, 2.45) is 0 Å². The second-order valence-electron chi connectivity index (χ2n) is 5.11. The van der Waals surface area contributed by atoms with Gasteiger partial charge in [0.05, 0.1) is 12.2 Å². The number of carbonyl (C=O) groups is 2. The van der Waals surface area contributed by atoms with Gasteiger partial charge in [0.15, 0.2) is 0 Å². The van der Waals surface area contributed by atoms with E-state index in [-0.39, 0.29) is 24.0 Å². The van der Waals surface area contributed by atoms with Crippen LogP contribution in [0.2, 0.25) is 0 Å². The number of nitrogens with one attached hydrogen (secondary N) is 1. The quantitative estimate of drug-likeness (QED) is 0.731. The molecular formula is C11H20N2O3. The number of amides is 2. The second kappa shape index (κ2) is 4.41. The highest BCUT2D eigenvalue weighted by Crippen LogP contribution is 2.11. The predicted molar refractivity (Wildman–Crippen MR) is 59.9 cm³/mol. The molecule has 0 aromatic heterocycles. The van der Waals surface area contributed by atoms with Crippen LogP contribution in [0.1, 0.15) is 27.7 Å². The van der Waals surface area contributed by atoms with Crippen molar-refractivity contribution in [2.45, 2.75) is 45.4 Å². The summed E-state index contributed by atoms with van der Waals surface area (Å²) in [7, 11) is 1.63. The summed E-state index contributed by atoms with van der Waals surface area (Å²) < 4.78 is 5.51. The summed E-state index contributed by atoms with van der Waals surface area (Å²) in [5.41, 5.74) is -0.313. The van der Waals surface area contributed by atoms with Crippen LogP contribution in [0, 0.1) is 0 Å². The molecule has 1 heterocycles. The van der Waals surface area contributed by atoms with Gasteiger partial charge < -0.3 is 15.0 Å². The van der Waals surface area contributed by atoms with E-state index >= 15 is 0 Å². The van der Waals surface area contributed by atoms with E-state index in [2.05, 4.69) is 5.32 Å². The zero-order chi connectivity index (χ0) is 12.5. The van der Waals surface area contributed by atoms with E-state index in [0.29, 0.717) is 0 Å². The first-order valence-corrected chi connectivity index (χ1v) is 5.43. The number of hydrogen-bond donors (Lipinski definition) is 1. The van der Waals surface area contributed by atoms with Crippen molar-refractivity contribution in [1.29, 1.82) is 0 Å². The van der Waals surface area contributed by atoms with Gasteiger partial charge in [0.25, 0.3) is 0 Å². The van der Waals surface area contributed by atoms with Gasteiger partial charge in [-0.1, -0.05) is 0 Å². The molecule has 0 bridgehead atoms. The molecule has 5 nitrogen and oxygen atoms in total. The number of hydrogen-bond acceptors (Lipinski definition) is 3. The van der Waals surface area contributed by atoms with Crippen LogP contribution in [0.15, 0.2) is 0 Å². The van der Waals surface area contributed by atoms with Crippen LogP contribution in [0.5, 0.6) is 0 Å². The summed E-state index contributed by atoms with van der Waals surface area (Å²) in [5, 5.41) is 2.66. The lowest BCUT2D eigenvalue weighted by molar-refractivity contribution is -0.150. The first kappa shape index (κ1) is 13.0. The van der Waals surface area contributed by atoms with Crippen molar-refractivity contribution in [3.05, 3.63) is 0 Å². The Morgan fingerprint density at radius 1 is 1.38 bits per heavy atom. The van der Waals surface area contributed by atoms with Crippen molar-refractivity contribution < 1.29 is 14.3 Å². The molecule has 0 saturated carbocycles. The van der Waals surface area contributed by atoms with Crippen LogP contribution >= 0.6 is 0 Å². The van der Waals surface area contributed by atoms with Gasteiger partial charge in [-0.25, -0.2) is 0 Å². The highest BCUT2D eigenvalue weighted by atomic mass is 16.5. The molecule has 2 atom stereocenters. The molecule has 16 heavy (non-hydrogen) atoms. The summed E-state index contributed by atoms with van der Waals surface area (Å²) in [6.45, 7) is 7.65. The maximum absolute atomic E-state index is 11.8. The van der Waals surface area contributed by atoms with Crippen LogP contribution in [-0.2, 0) is 14.3 Å². The fourth-order valence-electron chi connectivity index (χ4n) is 1.41. The van der Waals surface area contributed by atoms with E-state index in [4.69, 9.17) is 4.74 Å². The Labute approximate surface area is 96.1 Å². The SMILES string of the molecule is C[C@H]1C(=O)N[C@@H](COC(C)(C)C)C(=O)N1C. The number of carbonyl (C=O) groups excluding carboxylic acids is 2. The predicted octanol–water partition coefficient (Wildman–Crippen LogP) is 0.147.